The Kier molecular flexibility index (Phi) is 3.68. The normalized spacial score (nSPS) is 14.8. The molecule has 1 N–H and O–H groups in total. The molecule has 0 aliphatic carbocycles. The maximum atomic E-state index is 12.1. The third kappa shape index (κ3) is 2.60. The number of aromatic nitrogens is 2. The molecule has 0 saturated carbocycles. The SMILES string of the molecule is CC1(C)Cc2ccccc2-c2cc(N=NC(=O)c3ccncc3)c(O)n21. The van der Waals surface area contributed by atoms with Gasteiger partial charge in [0.1, 0.15) is 5.69 Å². The summed E-state index contributed by atoms with van der Waals surface area (Å²) in [5.41, 5.74) is 3.53. The molecule has 1 aliphatic heterocycles. The van der Waals surface area contributed by atoms with Crippen LogP contribution in [0.4, 0.5) is 5.69 Å². The van der Waals surface area contributed by atoms with Gasteiger partial charge < -0.3 is 9.67 Å². The van der Waals surface area contributed by atoms with Crippen molar-refractivity contribution in [3.63, 3.8) is 0 Å². The molecule has 0 atom stereocenters. The van der Waals surface area contributed by atoms with Crippen LogP contribution in [0.15, 0.2) is 65.1 Å². The van der Waals surface area contributed by atoms with Crippen LogP contribution in [0.5, 0.6) is 5.88 Å². The number of hydrogen-bond acceptors (Lipinski definition) is 4. The standard InChI is InChI=1S/C20H18N4O2/c1-20(2)12-14-5-3-4-6-15(14)17-11-16(19(26)24(17)20)22-23-18(25)13-7-9-21-10-8-13/h3-11,26H,12H2,1-2H3. The fourth-order valence-corrected chi connectivity index (χ4v) is 3.49. The predicted octanol–water partition coefficient (Wildman–Crippen LogP) is 4.47. The Morgan fingerprint density at radius 3 is 2.69 bits per heavy atom. The maximum absolute atomic E-state index is 12.1. The number of amides is 1. The number of benzene rings is 1. The fourth-order valence-electron chi connectivity index (χ4n) is 3.49. The molecule has 1 amide bonds. The van der Waals surface area contributed by atoms with Crippen molar-refractivity contribution in [3.05, 3.63) is 66.0 Å². The smallest absolute Gasteiger partial charge is 0.295 e. The van der Waals surface area contributed by atoms with Gasteiger partial charge in [0.25, 0.3) is 5.91 Å². The topological polar surface area (TPSA) is 79.8 Å². The highest BCUT2D eigenvalue weighted by Crippen LogP contribution is 2.46. The average molecular weight is 346 g/mol. The van der Waals surface area contributed by atoms with Crippen LogP contribution < -0.4 is 0 Å². The second-order valence-corrected chi connectivity index (χ2v) is 6.96. The first-order valence-electron chi connectivity index (χ1n) is 8.37. The number of nitrogens with zero attached hydrogens (tertiary/aromatic N) is 4. The number of carbonyl (C=O) groups is 1. The summed E-state index contributed by atoms with van der Waals surface area (Å²) in [7, 11) is 0. The van der Waals surface area contributed by atoms with Crippen LogP contribution in [0.3, 0.4) is 0 Å². The molecule has 1 aromatic carbocycles. The van der Waals surface area contributed by atoms with E-state index in [2.05, 4.69) is 35.1 Å². The molecule has 0 unspecified atom stereocenters. The van der Waals surface area contributed by atoms with Crippen LogP contribution in [0.1, 0.15) is 29.8 Å². The van der Waals surface area contributed by atoms with Crippen molar-refractivity contribution in [2.45, 2.75) is 25.8 Å². The number of aromatic hydroxyl groups is 1. The molecular formula is C20H18N4O2. The molecule has 0 bridgehead atoms. The van der Waals surface area contributed by atoms with Crippen LogP contribution in [0.25, 0.3) is 11.3 Å². The van der Waals surface area contributed by atoms with Gasteiger partial charge in [0, 0.05) is 29.1 Å². The van der Waals surface area contributed by atoms with Crippen LogP contribution in [0, 0.1) is 0 Å². The lowest BCUT2D eigenvalue weighted by atomic mass is 9.86. The highest BCUT2D eigenvalue weighted by molar-refractivity contribution is 5.94. The minimum Gasteiger partial charge on any atom is -0.493 e. The van der Waals surface area contributed by atoms with Gasteiger partial charge in [-0.15, -0.1) is 10.2 Å². The molecular weight excluding hydrogens is 328 g/mol. The summed E-state index contributed by atoms with van der Waals surface area (Å²) < 4.78 is 1.86. The van der Waals surface area contributed by atoms with Gasteiger partial charge in [0.2, 0.25) is 5.88 Å². The maximum Gasteiger partial charge on any atom is 0.295 e. The molecule has 3 heterocycles. The van der Waals surface area contributed by atoms with Crippen molar-refractivity contribution >= 4 is 11.6 Å². The molecule has 0 spiro atoms. The molecule has 0 saturated heterocycles. The van der Waals surface area contributed by atoms with Crippen molar-refractivity contribution in [1.82, 2.24) is 9.55 Å². The second-order valence-electron chi connectivity index (χ2n) is 6.96. The van der Waals surface area contributed by atoms with Crippen molar-refractivity contribution in [3.8, 4) is 17.1 Å². The van der Waals surface area contributed by atoms with E-state index in [0.717, 1.165) is 17.7 Å². The second kappa shape index (κ2) is 5.91. The molecule has 0 radical (unpaired) electrons. The van der Waals surface area contributed by atoms with Gasteiger partial charge in [0.05, 0.1) is 5.69 Å². The summed E-state index contributed by atoms with van der Waals surface area (Å²) in [4.78, 5) is 16.0. The van der Waals surface area contributed by atoms with Crippen molar-refractivity contribution < 1.29 is 9.90 Å². The van der Waals surface area contributed by atoms with E-state index in [0.29, 0.717) is 5.56 Å². The summed E-state index contributed by atoms with van der Waals surface area (Å²) in [5, 5.41) is 18.5. The predicted molar refractivity (Wildman–Crippen MR) is 97.6 cm³/mol. The Hall–Kier alpha value is -3.28. The number of fused-ring (bicyclic) bond motifs is 3. The highest BCUT2D eigenvalue weighted by atomic mass is 16.3. The summed E-state index contributed by atoms with van der Waals surface area (Å²) in [6.07, 6.45) is 3.85. The van der Waals surface area contributed by atoms with Crippen molar-refractivity contribution in [2.75, 3.05) is 0 Å². The number of hydrogen-bond donors (Lipinski definition) is 1. The van der Waals surface area contributed by atoms with Crippen LogP contribution >= 0.6 is 0 Å². The van der Waals surface area contributed by atoms with Gasteiger partial charge in [-0.05, 0) is 44.0 Å². The zero-order valence-corrected chi connectivity index (χ0v) is 14.5. The van der Waals surface area contributed by atoms with Crippen LogP contribution in [-0.2, 0) is 12.0 Å². The Morgan fingerprint density at radius 2 is 1.92 bits per heavy atom. The average Bonchev–Trinajstić information content (AvgIpc) is 2.98. The lowest BCUT2D eigenvalue weighted by Gasteiger charge is -2.35. The third-order valence-electron chi connectivity index (χ3n) is 4.65. The molecule has 6 heteroatoms. The first-order chi connectivity index (χ1) is 12.5. The minimum atomic E-state index is -0.476. The molecule has 0 fully saturated rings. The van der Waals surface area contributed by atoms with Crippen molar-refractivity contribution in [2.24, 2.45) is 10.2 Å². The molecule has 3 aromatic rings. The van der Waals surface area contributed by atoms with Gasteiger partial charge in [-0.25, -0.2) is 0 Å². The monoisotopic (exact) mass is 346 g/mol. The van der Waals surface area contributed by atoms with Gasteiger partial charge >= 0.3 is 0 Å². The van der Waals surface area contributed by atoms with E-state index >= 15 is 0 Å². The zero-order valence-electron chi connectivity index (χ0n) is 14.5. The molecule has 1 aliphatic rings. The molecule has 130 valence electrons. The van der Waals surface area contributed by atoms with Gasteiger partial charge in [-0.2, -0.15) is 0 Å². The van der Waals surface area contributed by atoms with E-state index in [4.69, 9.17) is 0 Å². The van der Waals surface area contributed by atoms with Crippen LogP contribution in [0.2, 0.25) is 0 Å². The number of azo groups is 1. The fraction of sp³-hybridized carbons (Fsp3) is 0.200. The van der Waals surface area contributed by atoms with E-state index in [-0.39, 0.29) is 17.1 Å². The number of carbonyl (C=O) groups excluding carboxylic acids is 1. The Morgan fingerprint density at radius 1 is 1.19 bits per heavy atom. The van der Waals surface area contributed by atoms with Gasteiger partial charge in [-0.1, -0.05) is 24.3 Å². The van der Waals surface area contributed by atoms with Crippen molar-refractivity contribution in [1.29, 1.82) is 0 Å². The van der Waals surface area contributed by atoms with Gasteiger partial charge in [0.15, 0.2) is 0 Å². The Balaban J connectivity index is 1.76. The Labute approximate surface area is 150 Å². The van der Waals surface area contributed by atoms with E-state index in [1.165, 1.54) is 18.0 Å². The molecule has 6 nitrogen and oxygen atoms in total. The summed E-state index contributed by atoms with van der Waals surface area (Å²) >= 11 is 0. The highest BCUT2D eigenvalue weighted by Gasteiger charge is 2.34. The number of pyridine rings is 1. The molecule has 4 rings (SSSR count). The first kappa shape index (κ1) is 16.2. The van der Waals surface area contributed by atoms with E-state index in [9.17, 15) is 9.90 Å². The van der Waals surface area contributed by atoms with E-state index in [1.807, 2.05) is 22.8 Å². The number of rotatable bonds is 2. The van der Waals surface area contributed by atoms with E-state index < -0.39 is 5.91 Å². The lowest BCUT2D eigenvalue weighted by Crippen LogP contribution is -2.32. The largest absolute Gasteiger partial charge is 0.493 e. The zero-order chi connectivity index (χ0) is 18.3. The summed E-state index contributed by atoms with van der Waals surface area (Å²) in [6.45, 7) is 4.13. The van der Waals surface area contributed by atoms with Crippen LogP contribution in [-0.4, -0.2) is 20.6 Å². The van der Waals surface area contributed by atoms with E-state index in [1.54, 1.807) is 18.2 Å². The lowest BCUT2D eigenvalue weighted by molar-refractivity contribution is 0.0995. The third-order valence-corrected chi connectivity index (χ3v) is 4.65. The first-order valence-corrected chi connectivity index (χ1v) is 8.37. The minimum absolute atomic E-state index is 0.0192. The summed E-state index contributed by atoms with van der Waals surface area (Å²) in [5.74, 6) is -0.457. The quantitative estimate of drug-likeness (QED) is 0.695. The van der Waals surface area contributed by atoms with Gasteiger partial charge in [-0.3, -0.25) is 9.78 Å². The summed E-state index contributed by atoms with van der Waals surface area (Å²) in [6, 6.07) is 13.0. The molecule has 26 heavy (non-hydrogen) atoms. The Bertz CT molecular complexity index is 1020. The molecule has 2 aromatic heterocycles.